The highest BCUT2D eigenvalue weighted by Crippen LogP contribution is 2.37. The van der Waals surface area contributed by atoms with Gasteiger partial charge in [-0.25, -0.2) is 4.90 Å². The average molecular weight is 432 g/mol. The predicted molar refractivity (Wildman–Crippen MR) is 118 cm³/mol. The maximum absolute atomic E-state index is 12.8. The summed E-state index contributed by atoms with van der Waals surface area (Å²) in [5, 5.41) is 0.199. The first kappa shape index (κ1) is 21.3. The molecule has 0 N–H and O–H groups in total. The van der Waals surface area contributed by atoms with Gasteiger partial charge in [0.2, 0.25) is 0 Å². The lowest BCUT2D eigenvalue weighted by Crippen LogP contribution is -2.27. The van der Waals surface area contributed by atoms with Crippen molar-refractivity contribution in [2.45, 2.75) is 20.8 Å². The Morgan fingerprint density at radius 1 is 1.07 bits per heavy atom. The summed E-state index contributed by atoms with van der Waals surface area (Å²) in [5.74, 6) is 1.30. The van der Waals surface area contributed by atoms with Crippen molar-refractivity contribution in [1.29, 1.82) is 0 Å². The van der Waals surface area contributed by atoms with Crippen molar-refractivity contribution in [1.82, 2.24) is 0 Å². The summed E-state index contributed by atoms with van der Waals surface area (Å²) in [6, 6.07) is 12.1. The van der Waals surface area contributed by atoms with E-state index in [-0.39, 0.29) is 11.1 Å². The SMILES string of the molecule is CCOc1cc(/C=C2/SC(=O)N(c3ccc(Cl)cc3)C2=O)ccc1OCC(C)C. The summed E-state index contributed by atoms with van der Waals surface area (Å²) in [4.78, 5) is 26.7. The van der Waals surface area contributed by atoms with E-state index in [1.54, 1.807) is 30.3 Å². The number of ether oxygens (including phenoxy) is 2. The van der Waals surface area contributed by atoms with Crippen molar-refractivity contribution < 1.29 is 19.1 Å². The van der Waals surface area contributed by atoms with Crippen molar-refractivity contribution in [3.05, 3.63) is 58.0 Å². The summed E-state index contributed by atoms with van der Waals surface area (Å²) in [6.07, 6.45) is 1.69. The van der Waals surface area contributed by atoms with E-state index in [0.29, 0.717) is 46.2 Å². The van der Waals surface area contributed by atoms with E-state index >= 15 is 0 Å². The second-order valence-corrected chi connectivity index (χ2v) is 8.27. The number of carbonyl (C=O) groups excluding carboxylic acids is 2. The molecule has 0 unspecified atom stereocenters. The summed E-state index contributed by atoms with van der Waals surface area (Å²) < 4.78 is 11.5. The number of amides is 2. The van der Waals surface area contributed by atoms with Crippen LogP contribution in [-0.2, 0) is 4.79 Å². The van der Waals surface area contributed by atoms with Crippen molar-refractivity contribution in [3.8, 4) is 11.5 Å². The fourth-order valence-corrected chi connectivity index (χ4v) is 3.66. The molecule has 0 aliphatic carbocycles. The molecular weight excluding hydrogens is 410 g/mol. The largest absolute Gasteiger partial charge is 0.490 e. The van der Waals surface area contributed by atoms with Crippen LogP contribution in [0.15, 0.2) is 47.4 Å². The fraction of sp³-hybridized carbons (Fsp3) is 0.273. The van der Waals surface area contributed by atoms with E-state index < -0.39 is 0 Å². The molecule has 1 fully saturated rings. The Morgan fingerprint density at radius 3 is 2.45 bits per heavy atom. The van der Waals surface area contributed by atoms with E-state index in [1.165, 1.54) is 0 Å². The number of hydrogen-bond acceptors (Lipinski definition) is 5. The average Bonchev–Trinajstić information content (AvgIpc) is 2.95. The van der Waals surface area contributed by atoms with Crippen molar-refractivity contribution in [2.75, 3.05) is 18.1 Å². The molecule has 2 amide bonds. The van der Waals surface area contributed by atoms with Crippen LogP contribution in [0.1, 0.15) is 26.3 Å². The maximum atomic E-state index is 12.8. The van der Waals surface area contributed by atoms with E-state index in [0.717, 1.165) is 22.2 Å². The molecule has 0 saturated carbocycles. The Bertz CT molecular complexity index is 940. The number of benzene rings is 2. The molecule has 0 spiro atoms. The fourth-order valence-electron chi connectivity index (χ4n) is 2.69. The van der Waals surface area contributed by atoms with Gasteiger partial charge in [-0.15, -0.1) is 0 Å². The zero-order chi connectivity index (χ0) is 21.0. The van der Waals surface area contributed by atoms with Crippen LogP contribution in [0.2, 0.25) is 5.02 Å². The van der Waals surface area contributed by atoms with Crippen LogP contribution in [0, 0.1) is 5.92 Å². The molecular formula is C22H22ClNO4S. The zero-order valence-electron chi connectivity index (χ0n) is 16.5. The Labute approximate surface area is 179 Å². The molecule has 0 aromatic heterocycles. The number of anilines is 1. The van der Waals surface area contributed by atoms with E-state index in [1.807, 2.05) is 25.1 Å². The smallest absolute Gasteiger partial charge is 0.298 e. The molecule has 0 atom stereocenters. The number of rotatable bonds is 7. The van der Waals surface area contributed by atoms with Crippen molar-refractivity contribution in [3.63, 3.8) is 0 Å². The van der Waals surface area contributed by atoms with Crippen LogP contribution in [0.25, 0.3) is 6.08 Å². The normalized spacial score (nSPS) is 15.5. The second kappa shape index (κ2) is 9.37. The van der Waals surface area contributed by atoms with Gasteiger partial charge in [-0.3, -0.25) is 9.59 Å². The summed E-state index contributed by atoms with van der Waals surface area (Å²) in [7, 11) is 0. The zero-order valence-corrected chi connectivity index (χ0v) is 18.0. The van der Waals surface area contributed by atoms with Gasteiger partial charge in [0.05, 0.1) is 23.8 Å². The molecule has 3 rings (SSSR count). The Morgan fingerprint density at radius 2 is 1.79 bits per heavy atom. The lowest BCUT2D eigenvalue weighted by atomic mass is 10.1. The first-order valence-electron chi connectivity index (χ1n) is 9.32. The highest BCUT2D eigenvalue weighted by Gasteiger charge is 2.36. The molecule has 1 saturated heterocycles. The van der Waals surface area contributed by atoms with Gasteiger partial charge in [-0.05, 0) is 72.6 Å². The van der Waals surface area contributed by atoms with Gasteiger partial charge in [0.15, 0.2) is 11.5 Å². The van der Waals surface area contributed by atoms with Crippen LogP contribution in [0.4, 0.5) is 10.5 Å². The summed E-state index contributed by atoms with van der Waals surface area (Å²) in [5.41, 5.74) is 1.25. The molecule has 2 aromatic carbocycles. The second-order valence-electron chi connectivity index (χ2n) is 6.84. The summed E-state index contributed by atoms with van der Waals surface area (Å²) >= 11 is 6.80. The van der Waals surface area contributed by atoms with E-state index in [2.05, 4.69) is 13.8 Å². The van der Waals surface area contributed by atoms with Crippen LogP contribution in [-0.4, -0.2) is 24.4 Å². The Hall–Kier alpha value is -2.44. The highest BCUT2D eigenvalue weighted by molar-refractivity contribution is 8.19. The predicted octanol–water partition coefficient (Wildman–Crippen LogP) is 6.01. The minimum absolute atomic E-state index is 0.342. The molecule has 7 heteroatoms. The van der Waals surface area contributed by atoms with Gasteiger partial charge in [-0.2, -0.15) is 0 Å². The minimum atomic E-state index is -0.361. The molecule has 0 bridgehead atoms. The number of imide groups is 1. The van der Waals surface area contributed by atoms with Gasteiger partial charge in [0.1, 0.15) is 0 Å². The molecule has 0 radical (unpaired) electrons. The maximum Gasteiger partial charge on any atom is 0.298 e. The van der Waals surface area contributed by atoms with Gasteiger partial charge >= 0.3 is 0 Å². The molecule has 1 heterocycles. The van der Waals surface area contributed by atoms with E-state index in [9.17, 15) is 9.59 Å². The Balaban J connectivity index is 1.85. The lowest BCUT2D eigenvalue weighted by molar-refractivity contribution is -0.113. The first-order valence-corrected chi connectivity index (χ1v) is 10.5. The number of hydrogen-bond donors (Lipinski definition) is 0. The third-order valence-corrected chi connectivity index (χ3v) is 5.14. The van der Waals surface area contributed by atoms with Crippen molar-refractivity contribution >= 4 is 46.3 Å². The van der Waals surface area contributed by atoms with Crippen LogP contribution >= 0.6 is 23.4 Å². The minimum Gasteiger partial charge on any atom is -0.490 e. The van der Waals surface area contributed by atoms with Crippen LogP contribution < -0.4 is 14.4 Å². The van der Waals surface area contributed by atoms with Gasteiger partial charge in [0, 0.05) is 5.02 Å². The van der Waals surface area contributed by atoms with Crippen molar-refractivity contribution in [2.24, 2.45) is 5.92 Å². The first-order chi connectivity index (χ1) is 13.9. The molecule has 1 aliphatic rings. The van der Waals surface area contributed by atoms with Gasteiger partial charge in [-0.1, -0.05) is 31.5 Å². The molecule has 2 aromatic rings. The highest BCUT2D eigenvalue weighted by atomic mass is 35.5. The third-order valence-electron chi connectivity index (χ3n) is 4.02. The number of carbonyl (C=O) groups is 2. The van der Waals surface area contributed by atoms with Crippen LogP contribution in [0.3, 0.4) is 0 Å². The van der Waals surface area contributed by atoms with Crippen LogP contribution in [0.5, 0.6) is 11.5 Å². The standard InChI is InChI=1S/C22H22ClNO4S/c1-4-27-19-11-15(5-10-18(19)28-13-14(2)3)12-20-21(25)24(22(26)29-20)17-8-6-16(23)7-9-17/h5-12,14H,4,13H2,1-3H3/b20-12+. The molecule has 5 nitrogen and oxygen atoms in total. The molecule has 29 heavy (non-hydrogen) atoms. The third kappa shape index (κ3) is 5.14. The number of thioether (sulfide) groups is 1. The van der Waals surface area contributed by atoms with Gasteiger partial charge < -0.3 is 9.47 Å². The number of halogens is 1. The topological polar surface area (TPSA) is 55.8 Å². The Kier molecular flexibility index (Phi) is 6.87. The van der Waals surface area contributed by atoms with E-state index in [4.69, 9.17) is 21.1 Å². The molecule has 1 aliphatic heterocycles. The lowest BCUT2D eigenvalue weighted by Gasteiger charge is -2.14. The summed E-state index contributed by atoms with van der Waals surface area (Å²) in [6.45, 7) is 7.13. The number of nitrogens with zero attached hydrogens (tertiary/aromatic N) is 1. The quantitative estimate of drug-likeness (QED) is 0.502. The van der Waals surface area contributed by atoms with Gasteiger partial charge in [0.25, 0.3) is 11.1 Å². The monoisotopic (exact) mass is 431 g/mol. The molecule has 152 valence electrons.